The van der Waals surface area contributed by atoms with Crippen LogP contribution >= 0.6 is 12.4 Å². The minimum Gasteiger partial charge on any atom is -0.352 e. The van der Waals surface area contributed by atoms with Crippen LogP contribution < -0.4 is 10.6 Å². The van der Waals surface area contributed by atoms with E-state index in [2.05, 4.69) is 10.6 Å². The summed E-state index contributed by atoms with van der Waals surface area (Å²) >= 11 is 0. The monoisotopic (exact) mass is 328 g/mol. The number of rotatable bonds is 6. The summed E-state index contributed by atoms with van der Waals surface area (Å²) in [5.74, 6) is -1.29. The molecule has 3 nitrogen and oxygen atoms in total. The number of amides is 1. The van der Waals surface area contributed by atoms with Crippen molar-refractivity contribution in [2.24, 2.45) is 0 Å². The van der Waals surface area contributed by atoms with Gasteiger partial charge in [0, 0.05) is 13.0 Å². The first-order chi connectivity index (χ1) is 9.34. The van der Waals surface area contributed by atoms with Gasteiger partial charge in [-0.3, -0.25) is 4.79 Å². The lowest BCUT2D eigenvalue weighted by molar-refractivity contribution is -0.138. The molecule has 1 aromatic rings. The van der Waals surface area contributed by atoms with E-state index in [4.69, 9.17) is 0 Å². The largest absolute Gasteiger partial charge is 0.416 e. The van der Waals surface area contributed by atoms with Gasteiger partial charge >= 0.3 is 6.18 Å². The molecule has 1 rings (SSSR count). The van der Waals surface area contributed by atoms with Crippen LogP contribution in [0.5, 0.6) is 0 Å². The summed E-state index contributed by atoms with van der Waals surface area (Å²) in [6.07, 6.45) is -3.82. The van der Waals surface area contributed by atoms with E-state index in [-0.39, 0.29) is 36.8 Å². The average molecular weight is 329 g/mol. The standard InChI is InChI=1S/C13H16F4N2O.ClH/c1-18-6-2-3-12(20)19-8-9-4-5-10(14)7-11(9)13(15,16)17;/h4-5,7,18H,2-3,6,8H2,1H3,(H,19,20);1H. The van der Waals surface area contributed by atoms with Gasteiger partial charge in [0.15, 0.2) is 0 Å². The highest BCUT2D eigenvalue weighted by atomic mass is 35.5. The van der Waals surface area contributed by atoms with E-state index in [1.165, 1.54) is 0 Å². The van der Waals surface area contributed by atoms with Crippen LogP contribution in [0.3, 0.4) is 0 Å². The number of halogens is 5. The number of carbonyl (C=O) groups is 1. The van der Waals surface area contributed by atoms with Gasteiger partial charge in [-0.25, -0.2) is 4.39 Å². The number of benzene rings is 1. The fourth-order valence-corrected chi connectivity index (χ4v) is 1.67. The Hall–Kier alpha value is -1.34. The molecule has 21 heavy (non-hydrogen) atoms. The van der Waals surface area contributed by atoms with Gasteiger partial charge in [0.05, 0.1) is 5.56 Å². The Labute approximate surface area is 126 Å². The molecule has 2 N–H and O–H groups in total. The number of carbonyl (C=O) groups excluding carboxylic acids is 1. The molecular weight excluding hydrogens is 312 g/mol. The van der Waals surface area contributed by atoms with Crippen LogP contribution in [-0.2, 0) is 17.5 Å². The lowest BCUT2D eigenvalue weighted by Crippen LogP contribution is -2.25. The Morgan fingerprint density at radius 3 is 2.52 bits per heavy atom. The summed E-state index contributed by atoms with van der Waals surface area (Å²) in [6.45, 7) is 0.380. The number of hydrogen-bond donors (Lipinski definition) is 2. The SMILES string of the molecule is CNCCCC(=O)NCc1ccc(F)cc1C(F)(F)F.Cl. The molecule has 0 unspecified atom stereocenters. The van der Waals surface area contributed by atoms with E-state index in [1.807, 2.05) is 0 Å². The molecule has 0 aromatic heterocycles. The quantitative estimate of drug-likeness (QED) is 0.623. The van der Waals surface area contributed by atoms with E-state index in [0.717, 1.165) is 12.1 Å². The molecule has 1 aromatic carbocycles. The van der Waals surface area contributed by atoms with Crippen molar-refractivity contribution < 1.29 is 22.4 Å². The predicted molar refractivity (Wildman–Crippen MR) is 73.7 cm³/mol. The Morgan fingerprint density at radius 1 is 1.29 bits per heavy atom. The van der Waals surface area contributed by atoms with Crippen LogP contribution in [0.25, 0.3) is 0 Å². The van der Waals surface area contributed by atoms with Gasteiger partial charge in [-0.05, 0) is 37.7 Å². The summed E-state index contributed by atoms with van der Waals surface area (Å²) in [7, 11) is 1.74. The predicted octanol–water partition coefficient (Wildman–Crippen LogP) is 2.88. The Bertz CT molecular complexity index is 466. The minimum atomic E-state index is -4.64. The van der Waals surface area contributed by atoms with Crippen LogP contribution in [0.1, 0.15) is 24.0 Å². The highest BCUT2D eigenvalue weighted by Crippen LogP contribution is 2.32. The van der Waals surface area contributed by atoms with Gasteiger partial charge in [-0.15, -0.1) is 12.4 Å². The van der Waals surface area contributed by atoms with Crippen molar-refractivity contribution in [1.29, 1.82) is 0 Å². The van der Waals surface area contributed by atoms with E-state index < -0.39 is 17.6 Å². The third-order valence-electron chi connectivity index (χ3n) is 2.68. The van der Waals surface area contributed by atoms with E-state index in [9.17, 15) is 22.4 Å². The normalized spacial score (nSPS) is 10.9. The van der Waals surface area contributed by atoms with Crippen molar-refractivity contribution in [3.05, 3.63) is 35.1 Å². The molecule has 120 valence electrons. The Kier molecular flexibility index (Phi) is 8.27. The summed E-state index contributed by atoms with van der Waals surface area (Å²) in [5, 5.41) is 5.26. The number of nitrogens with one attached hydrogen (secondary N) is 2. The second-order valence-corrected chi connectivity index (χ2v) is 4.28. The highest BCUT2D eigenvalue weighted by Gasteiger charge is 2.33. The molecule has 0 atom stereocenters. The van der Waals surface area contributed by atoms with Crippen molar-refractivity contribution >= 4 is 18.3 Å². The third kappa shape index (κ3) is 6.77. The van der Waals surface area contributed by atoms with Crippen molar-refractivity contribution in [3.8, 4) is 0 Å². The second kappa shape index (κ2) is 8.84. The fourth-order valence-electron chi connectivity index (χ4n) is 1.67. The lowest BCUT2D eigenvalue weighted by atomic mass is 10.1. The first-order valence-corrected chi connectivity index (χ1v) is 6.11. The summed E-state index contributed by atoms with van der Waals surface area (Å²) in [6, 6.07) is 2.41. The van der Waals surface area contributed by atoms with Crippen molar-refractivity contribution in [3.63, 3.8) is 0 Å². The number of hydrogen-bond acceptors (Lipinski definition) is 2. The second-order valence-electron chi connectivity index (χ2n) is 4.28. The van der Waals surface area contributed by atoms with E-state index >= 15 is 0 Å². The maximum absolute atomic E-state index is 12.9. The van der Waals surface area contributed by atoms with Gasteiger partial charge in [0.25, 0.3) is 0 Å². The van der Waals surface area contributed by atoms with E-state index in [0.29, 0.717) is 19.0 Å². The topological polar surface area (TPSA) is 41.1 Å². The van der Waals surface area contributed by atoms with Crippen molar-refractivity contribution in [2.45, 2.75) is 25.6 Å². The van der Waals surface area contributed by atoms with Crippen LogP contribution in [0.4, 0.5) is 17.6 Å². The van der Waals surface area contributed by atoms with Crippen LogP contribution in [0, 0.1) is 5.82 Å². The maximum atomic E-state index is 12.9. The van der Waals surface area contributed by atoms with Crippen LogP contribution in [-0.4, -0.2) is 19.5 Å². The third-order valence-corrected chi connectivity index (χ3v) is 2.68. The molecule has 0 aliphatic heterocycles. The number of alkyl halides is 3. The van der Waals surface area contributed by atoms with Gasteiger partial charge < -0.3 is 10.6 Å². The average Bonchev–Trinajstić information content (AvgIpc) is 2.36. The van der Waals surface area contributed by atoms with Gasteiger partial charge in [0.2, 0.25) is 5.91 Å². The first kappa shape index (κ1) is 19.7. The summed E-state index contributed by atoms with van der Waals surface area (Å²) in [4.78, 5) is 11.4. The van der Waals surface area contributed by atoms with Crippen molar-refractivity contribution in [1.82, 2.24) is 10.6 Å². The van der Waals surface area contributed by atoms with Crippen molar-refractivity contribution in [2.75, 3.05) is 13.6 Å². The zero-order chi connectivity index (χ0) is 15.2. The minimum absolute atomic E-state index is 0. The van der Waals surface area contributed by atoms with Gasteiger partial charge in [0.1, 0.15) is 5.82 Å². The molecule has 0 radical (unpaired) electrons. The molecule has 0 bridgehead atoms. The smallest absolute Gasteiger partial charge is 0.352 e. The molecule has 0 spiro atoms. The fraction of sp³-hybridized carbons (Fsp3) is 0.462. The molecular formula is C13H17ClF4N2O. The molecule has 0 aliphatic carbocycles. The molecule has 8 heteroatoms. The molecule has 1 amide bonds. The molecule has 0 aliphatic rings. The highest BCUT2D eigenvalue weighted by molar-refractivity contribution is 5.85. The molecule has 0 fully saturated rings. The van der Waals surface area contributed by atoms with E-state index in [1.54, 1.807) is 7.05 Å². The molecule has 0 heterocycles. The lowest BCUT2D eigenvalue weighted by Gasteiger charge is -2.13. The van der Waals surface area contributed by atoms with Crippen LogP contribution in [0.2, 0.25) is 0 Å². The maximum Gasteiger partial charge on any atom is 0.416 e. The summed E-state index contributed by atoms with van der Waals surface area (Å²) < 4.78 is 51.0. The molecule has 0 saturated heterocycles. The molecule has 0 saturated carbocycles. The van der Waals surface area contributed by atoms with Crippen LogP contribution in [0.15, 0.2) is 18.2 Å². The first-order valence-electron chi connectivity index (χ1n) is 6.11. The van der Waals surface area contributed by atoms with Gasteiger partial charge in [-0.1, -0.05) is 6.07 Å². The zero-order valence-corrected chi connectivity index (χ0v) is 12.2. The Morgan fingerprint density at radius 2 is 1.95 bits per heavy atom. The van der Waals surface area contributed by atoms with Gasteiger partial charge in [-0.2, -0.15) is 13.2 Å². The summed E-state index contributed by atoms with van der Waals surface area (Å²) in [5.41, 5.74) is -1.21. The Balaban J connectivity index is 0.00000400. The zero-order valence-electron chi connectivity index (χ0n) is 11.4.